The minimum Gasteiger partial charge on any atom is -0.462 e. The molecule has 0 aliphatic carbocycles. The molecule has 0 saturated heterocycles. The van der Waals surface area contributed by atoms with Gasteiger partial charge >= 0.3 is 5.97 Å². The summed E-state index contributed by atoms with van der Waals surface area (Å²) >= 11 is 6.07. The molecule has 1 amide bonds. The summed E-state index contributed by atoms with van der Waals surface area (Å²) in [5, 5.41) is 3.13. The molecule has 7 heteroatoms. The average Bonchev–Trinajstić information content (AvgIpc) is 2.74. The SMILES string of the molecule is CCOC(=O)C1=C(NC=O)Oc2cc(N(CC)CC)ccc2C1c1ccc(Cl)cc1. The van der Waals surface area contributed by atoms with Crippen LogP contribution in [-0.2, 0) is 14.3 Å². The first kappa shape index (κ1) is 21.7. The summed E-state index contributed by atoms with van der Waals surface area (Å²) in [4.78, 5) is 26.3. The number of hydrogen-bond acceptors (Lipinski definition) is 5. The Morgan fingerprint density at radius 3 is 2.47 bits per heavy atom. The summed E-state index contributed by atoms with van der Waals surface area (Å²) in [6, 6.07) is 13.2. The number of carbonyl (C=O) groups is 2. The largest absolute Gasteiger partial charge is 0.462 e. The van der Waals surface area contributed by atoms with Gasteiger partial charge in [-0.3, -0.25) is 10.1 Å². The quantitative estimate of drug-likeness (QED) is 0.503. The summed E-state index contributed by atoms with van der Waals surface area (Å²) in [5.41, 5.74) is 2.90. The average molecular weight is 429 g/mol. The van der Waals surface area contributed by atoms with Gasteiger partial charge in [-0.25, -0.2) is 4.79 Å². The Balaban J connectivity index is 2.20. The fourth-order valence-electron chi connectivity index (χ4n) is 3.67. The first-order chi connectivity index (χ1) is 14.5. The molecule has 158 valence electrons. The number of hydrogen-bond donors (Lipinski definition) is 1. The molecule has 2 aromatic carbocycles. The van der Waals surface area contributed by atoms with E-state index >= 15 is 0 Å². The lowest BCUT2D eigenvalue weighted by Gasteiger charge is -2.31. The molecule has 0 bridgehead atoms. The minimum atomic E-state index is -0.541. The number of fused-ring (bicyclic) bond motifs is 1. The number of carbonyl (C=O) groups excluding carboxylic acids is 2. The summed E-state index contributed by atoms with van der Waals surface area (Å²) in [6.45, 7) is 7.80. The molecule has 0 radical (unpaired) electrons. The van der Waals surface area contributed by atoms with E-state index < -0.39 is 11.9 Å². The van der Waals surface area contributed by atoms with Gasteiger partial charge in [-0.05, 0) is 44.5 Å². The third-order valence-electron chi connectivity index (χ3n) is 5.07. The van der Waals surface area contributed by atoms with E-state index in [1.807, 2.05) is 30.3 Å². The lowest BCUT2D eigenvalue weighted by molar-refractivity contribution is -0.139. The van der Waals surface area contributed by atoms with Gasteiger partial charge < -0.3 is 14.4 Å². The van der Waals surface area contributed by atoms with Crippen LogP contribution in [0, 0.1) is 0 Å². The summed E-state index contributed by atoms with van der Waals surface area (Å²) in [5.74, 6) is -0.358. The molecule has 30 heavy (non-hydrogen) atoms. The van der Waals surface area contributed by atoms with Crippen molar-refractivity contribution in [3.63, 3.8) is 0 Å². The minimum absolute atomic E-state index is 0.0765. The topological polar surface area (TPSA) is 67.9 Å². The number of nitrogens with zero attached hydrogens (tertiary/aromatic N) is 1. The van der Waals surface area contributed by atoms with Gasteiger partial charge in [0.15, 0.2) is 0 Å². The zero-order valence-corrected chi connectivity index (χ0v) is 18.0. The van der Waals surface area contributed by atoms with E-state index in [9.17, 15) is 9.59 Å². The van der Waals surface area contributed by atoms with Gasteiger partial charge in [0.2, 0.25) is 12.3 Å². The highest BCUT2D eigenvalue weighted by Gasteiger charge is 2.36. The molecule has 1 N–H and O–H groups in total. The zero-order valence-electron chi connectivity index (χ0n) is 17.3. The lowest BCUT2D eigenvalue weighted by atomic mass is 9.83. The second kappa shape index (κ2) is 9.67. The van der Waals surface area contributed by atoms with Crippen molar-refractivity contribution in [3.05, 3.63) is 70.1 Å². The van der Waals surface area contributed by atoms with E-state index in [1.165, 1.54) is 0 Å². The number of rotatable bonds is 8. The van der Waals surface area contributed by atoms with Gasteiger partial charge in [0.25, 0.3) is 0 Å². The fourth-order valence-corrected chi connectivity index (χ4v) is 3.79. The van der Waals surface area contributed by atoms with Crippen LogP contribution >= 0.6 is 11.6 Å². The Kier molecular flexibility index (Phi) is 7.00. The van der Waals surface area contributed by atoms with Crippen LogP contribution < -0.4 is 15.0 Å². The molecule has 0 aromatic heterocycles. The molecule has 0 spiro atoms. The molecule has 0 fully saturated rings. The highest BCUT2D eigenvalue weighted by atomic mass is 35.5. The van der Waals surface area contributed by atoms with E-state index in [0.717, 1.165) is 29.9 Å². The van der Waals surface area contributed by atoms with E-state index in [0.29, 0.717) is 17.2 Å². The van der Waals surface area contributed by atoms with Crippen molar-refractivity contribution >= 4 is 29.7 Å². The van der Waals surface area contributed by atoms with Crippen molar-refractivity contribution in [1.82, 2.24) is 5.32 Å². The first-order valence-corrected chi connectivity index (χ1v) is 10.3. The van der Waals surface area contributed by atoms with E-state index in [2.05, 4.69) is 24.1 Å². The molecule has 6 nitrogen and oxygen atoms in total. The third-order valence-corrected chi connectivity index (χ3v) is 5.32. The van der Waals surface area contributed by atoms with Crippen LogP contribution in [0.1, 0.15) is 37.8 Å². The van der Waals surface area contributed by atoms with E-state index in [1.54, 1.807) is 19.1 Å². The number of anilines is 1. The first-order valence-electron chi connectivity index (χ1n) is 9.97. The summed E-state index contributed by atoms with van der Waals surface area (Å²) in [7, 11) is 0. The standard InChI is InChI=1S/C23H25ClN2O4/c1-4-26(5-2)17-11-12-18-19(13-17)30-22(25-14-27)21(23(28)29-6-3)20(18)15-7-9-16(24)10-8-15/h7-14,20H,4-6H2,1-3H3,(H,25,27). The molecule has 0 saturated carbocycles. The molecule has 1 aliphatic rings. The number of amides is 1. The second-order valence-corrected chi connectivity index (χ2v) is 7.14. The predicted octanol–water partition coefficient (Wildman–Crippen LogP) is 4.23. The van der Waals surface area contributed by atoms with Crippen LogP contribution in [0.25, 0.3) is 0 Å². The van der Waals surface area contributed by atoms with Crippen LogP contribution in [0.15, 0.2) is 53.9 Å². The Hall–Kier alpha value is -2.99. The van der Waals surface area contributed by atoms with E-state index in [4.69, 9.17) is 21.1 Å². The van der Waals surface area contributed by atoms with Crippen molar-refractivity contribution < 1.29 is 19.1 Å². The van der Waals surface area contributed by atoms with Crippen molar-refractivity contribution in [2.75, 3.05) is 24.6 Å². The lowest BCUT2D eigenvalue weighted by Crippen LogP contribution is -2.30. The molecular formula is C23H25ClN2O4. The molecule has 2 aromatic rings. The molecule has 1 atom stereocenters. The Morgan fingerprint density at radius 2 is 1.87 bits per heavy atom. The fraction of sp³-hybridized carbons (Fsp3) is 0.304. The monoisotopic (exact) mass is 428 g/mol. The van der Waals surface area contributed by atoms with Gasteiger partial charge in [0.1, 0.15) is 11.3 Å². The van der Waals surface area contributed by atoms with Crippen LogP contribution in [0.5, 0.6) is 5.75 Å². The molecule has 1 aliphatic heterocycles. The Morgan fingerprint density at radius 1 is 1.17 bits per heavy atom. The van der Waals surface area contributed by atoms with Crippen molar-refractivity contribution in [2.45, 2.75) is 26.7 Å². The maximum absolute atomic E-state index is 12.9. The van der Waals surface area contributed by atoms with Crippen LogP contribution in [-0.4, -0.2) is 32.1 Å². The van der Waals surface area contributed by atoms with Gasteiger partial charge in [-0.15, -0.1) is 0 Å². The van der Waals surface area contributed by atoms with Crippen molar-refractivity contribution in [2.24, 2.45) is 0 Å². The number of halogens is 1. The normalized spacial score (nSPS) is 15.1. The predicted molar refractivity (Wildman–Crippen MR) is 117 cm³/mol. The number of esters is 1. The Bertz CT molecular complexity index is 952. The molecule has 1 unspecified atom stereocenters. The van der Waals surface area contributed by atoms with Crippen molar-refractivity contribution in [3.8, 4) is 5.75 Å². The van der Waals surface area contributed by atoms with Crippen LogP contribution in [0.3, 0.4) is 0 Å². The van der Waals surface area contributed by atoms with Crippen LogP contribution in [0.2, 0.25) is 5.02 Å². The number of nitrogens with one attached hydrogen (secondary N) is 1. The highest BCUT2D eigenvalue weighted by molar-refractivity contribution is 6.30. The van der Waals surface area contributed by atoms with Gasteiger partial charge in [-0.2, -0.15) is 0 Å². The molecule has 3 rings (SSSR count). The van der Waals surface area contributed by atoms with Gasteiger partial charge in [0.05, 0.1) is 12.5 Å². The number of benzene rings is 2. The van der Waals surface area contributed by atoms with Gasteiger partial charge in [0, 0.05) is 35.4 Å². The smallest absolute Gasteiger partial charge is 0.340 e. The Labute approximate surface area is 181 Å². The second-order valence-electron chi connectivity index (χ2n) is 6.71. The third kappa shape index (κ3) is 4.28. The molecular weight excluding hydrogens is 404 g/mol. The number of ether oxygens (including phenoxy) is 2. The maximum atomic E-state index is 12.9. The van der Waals surface area contributed by atoms with Crippen molar-refractivity contribution in [1.29, 1.82) is 0 Å². The van der Waals surface area contributed by atoms with E-state index in [-0.39, 0.29) is 18.1 Å². The summed E-state index contributed by atoms with van der Waals surface area (Å²) < 4.78 is 11.3. The highest BCUT2D eigenvalue weighted by Crippen LogP contribution is 2.44. The van der Waals surface area contributed by atoms with Gasteiger partial charge in [-0.1, -0.05) is 29.8 Å². The summed E-state index contributed by atoms with van der Waals surface area (Å²) in [6.07, 6.45) is 0.493. The van der Waals surface area contributed by atoms with Crippen LogP contribution in [0.4, 0.5) is 5.69 Å². The molecule has 1 heterocycles. The maximum Gasteiger partial charge on any atom is 0.340 e. The zero-order chi connectivity index (χ0) is 21.7.